The average Bonchev–Trinajstić information content (AvgIpc) is 2.95. The minimum absolute atomic E-state index is 0.220. The lowest BCUT2D eigenvalue weighted by Gasteiger charge is -2.00. The van der Waals surface area contributed by atoms with Crippen LogP contribution in [0.5, 0.6) is 0 Å². The van der Waals surface area contributed by atoms with Crippen molar-refractivity contribution in [3.63, 3.8) is 0 Å². The van der Waals surface area contributed by atoms with Gasteiger partial charge < -0.3 is 5.11 Å². The fourth-order valence-electron chi connectivity index (χ4n) is 1.92. The second-order valence-electron chi connectivity index (χ2n) is 4.58. The topological polar surface area (TPSA) is 96.2 Å². The molecule has 114 valence electrons. The maximum Gasteiger partial charge on any atom is 0.335 e. The van der Waals surface area contributed by atoms with Crippen LogP contribution in [0.3, 0.4) is 0 Å². The summed E-state index contributed by atoms with van der Waals surface area (Å²) < 4.78 is 1.83. The quantitative estimate of drug-likeness (QED) is 0.568. The molecule has 0 bridgehead atoms. The monoisotopic (exact) mass is 325 g/mol. The Balaban J connectivity index is 1.93. The molecule has 0 aliphatic carbocycles. The van der Waals surface area contributed by atoms with Crippen LogP contribution < -0.4 is 0 Å². The van der Waals surface area contributed by atoms with Crippen LogP contribution in [0.15, 0.2) is 53.9 Å². The highest BCUT2D eigenvalue weighted by Gasteiger charge is 2.07. The van der Waals surface area contributed by atoms with Crippen molar-refractivity contribution in [2.24, 2.45) is 5.10 Å². The van der Waals surface area contributed by atoms with Crippen molar-refractivity contribution in [2.75, 3.05) is 0 Å². The van der Waals surface area contributed by atoms with E-state index in [0.29, 0.717) is 10.6 Å². The molecule has 0 radical (unpaired) electrons. The molecule has 1 aromatic carbocycles. The highest BCUT2D eigenvalue weighted by molar-refractivity contribution is 7.71. The number of aromatic carboxylic acids is 1. The number of nitrogens with zero attached hydrogens (tertiary/aromatic N) is 4. The molecule has 0 amide bonds. The lowest BCUT2D eigenvalue weighted by molar-refractivity contribution is 0.0697. The van der Waals surface area contributed by atoms with E-state index in [0.717, 1.165) is 11.1 Å². The van der Waals surface area contributed by atoms with E-state index in [-0.39, 0.29) is 5.56 Å². The van der Waals surface area contributed by atoms with Crippen LogP contribution in [0.4, 0.5) is 0 Å². The summed E-state index contributed by atoms with van der Waals surface area (Å²) in [5.74, 6) is -0.425. The molecule has 0 saturated carbocycles. The van der Waals surface area contributed by atoms with E-state index in [2.05, 4.69) is 20.3 Å². The molecule has 2 heterocycles. The molecule has 2 N–H and O–H groups in total. The zero-order chi connectivity index (χ0) is 16.2. The normalized spacial score (nSPS) is 11.0. The van der Waals surface area contributed by atoms with Crippen molar-refractivity contribution in [3.8, 4) is 11.4 Å². The Morgan fingerprint density at radius 1 is 1.30 bits per heavy atom. The van der Waals surface area contributed by atoms with Gasteiger partial charge in [-0.2, -0.15) is 14.9 Å². The molecule has 8 heteroatoms. The van der Waals surface area contributed by atoms with E-state index in [1.54, 1.807) is 36.8 Å². The van der Waals surface area contributed by atoms with Crippen LogP contribution in [-0.4, -0.2) is 37.1 Å². The second-order valence-corrected chi connectivity index (χ2v) is 4.96. The fraction of sp³-hybridized carbons (Fsp3) is 0. The van der Waals surface area contributed by atoms with Gasteiger partial charge in [-0.1, -0.05) is 12.1 Å². The van der Waals surface area contributed by atoms with E-state index in [9.17, 15) is 4.79 Å². The van der Waals surface area contributed by atoms with Gasteiger partial charge in [0.15, 0.2) is 5.82 Å². The van der Waals surface area contributed by atoms with Crippen molar-refractivity contribution in [2.45, 2.75) is 0 Å². The number of nitrogens with one attached hydrogen (secondary N) is 1. The van der Waals surface area contributed by atoms with Gasteiger partial charge in [0.05, 0.1) is 11.8 Å². The Labute approximate surface area is 136 Å². The molecule has 2 aromatic heterocycles. The summed E-state index contributed by atoms with van der Waals surface area (Å²) >= 11 is 5.18. The van der Waals surface area contributed by atoms with Crippen molar-refractivity contribution in [1.82, 2.24) is 19.9 Å². The Hall–Kier alpha value is -3.13. The van der Waals surface area contributed by atoms with Gasteiger partial charge in [0, 0.05) is 18.0 Å². The molecule has 3 rings (SSSR count). The van der Waals surface area contributed by atoms with Crippen LogP contribution in [0, 0.1) is 4.77 Å². The highest BCUT2D eigenvalue weighted by atomic mass is 32.1. The Kier molecular flexibility index (Phi) is 4.07. The maximum atomic E-state index is 10.8. The molecule has 0 aliphatic heterocycles. The third-order valence-electron chi connectivity index (χ3n) is 3.05. The van der Waals surface area contributed by atoms with E-state index >= 15 is 0 Å². The maximum absolute atomic E-state index is 10.8. The van der Waals surface area contributed by atoms with E-state index < -0.39 is 5.97 Å². The van der Waals surface area contributed by atoms with Crippen LogP contribution in [0.1, 0.15) is 15.9 Å². The predicted octanol–water partition coefficient (Wildman–Crippen LogP) is 2.58. The van der Waals surface area contributed by atoms with Gasteiger partial charge in [-0.05, 0) is 42.0 Å². The number of hydrogen-bond donors (Lipinski definition) is 2. The summed E-state index contributed by atoms with van der Waals surface area (Å²) in [6, 6.07) is 10.0. The van der Waals surface area contributed by atoms with E-state index in [1.807, 2.05) is 6.07 Å². The van der Waals surface area contributed by atoms with Crippen molar-refractivity contribution >= 4 is 24.4 Å². The summed E-state index contributed by atoms with van der Waals surface area (Å²) in [5, 5.41) is 20.0. The molecule has 23 heavy (non-hydrogen) atoms. The largest absolute Gasteiger partial charge is 0.478 e. The Bertz CT molecular complexity index is 913. The molecule has 3 aromatic rings. The number of aromatic nitrogens is 4. The van der Waals surface area contributed by atoms with Gasteiger partial charge in [-0.15, -0.1) is 0 Å². The lowest BCUT2D eigenvalue weighted by atomic mass is 10.1. The SMILES string of the molecule is O=C(O)c1ccc(/C=N\n2c(-c3cccnc3)n[nH]c2=S)cc1. The van der Waals surface area contributed by atoms with Gasteiger partial charge in [-0.25, -0.2) is 9.89 Å². The van der Waals surface area contributed by atoms with Gasteiger partial charge >= 0.3 is 5.97 Å². The zero-order valence-electron chi connectivity index (χ0n) is 11.7. The fourth-order valence-corrected chi connectivity index (χ4v) is 2.10. The molecule has 0 fully saturated rings. The number of benzene rings is 1. The van der Waals surface area contributed by atoms with Crippen LogP contribution in [-0.2, 0) is 0 Å². The number of pyridine rings is 1. The van der Waals surface area contributed by atoms with Gasteiger partial charge in [0.25, 0.3) is 0 Å². The molecule has 7 nitrogen and oxygen atoms in total. The first-order chi connectivity index (χ1) is 11.1. The standard InChI is InChI=1S/C15H11N5O2S/c21-14(22)11-5-3-10(4-6-11)8-17-20-13(18-19-15(20)23)12-2-1-7-16-9-12/h1-9H,(H,19,23)(H,21,22)/b17-8-. The summed E-state index contributed by atoms with van der Waals surface area (Å²) in [6.45, 7) is 0. The molecule has 0 spiro atoms. The third kappa shape index (κ3) is 3.22. The number of hydrogen-bond acceptors (Lipinski definition) is 5. The van der Waals surface area contributed by atoms with E-state index in [1.165, 1.54) is 16.8 Å². The predicted molar refractivity (Wildman–Crippen MR) is 87.0 cm³/mol. The lowest BCUT2D eigenvalue weighted by Crippen LogP contribution is -1.97. The Morgan fingerprint density at radius 2 is 2.09 bits per heavy atom. The first kappa shape index (κ1) is 14.8. The third-order valence-corrected chi connectivity index (χ3v) is 3.31. The molecule has 0 atom stereocenters. The number of H-pyrrole nitrogens is 1. The van der Waals surface area contributed by atoms with Crippen molar-refractivity contribution in [3.05, 3.63) is 64.7 Å². The minimum Gasteiger partial charge on any atom is -0.478 e. The van der Waals surface area contributed by atoms with Gasteiger partial charge in [0.1, 0.15) is 0 Å². The molecular formula is C15H11N5O2S. The summed E-state index contributed by atoms with van der Waals surface area (Å²) in [7, 11) is 0. The molecule has 0 saturated heterocycles. The summed E-state index contributed by atoms with van der Waals surface area (Å²) in [6.07, 6.45) is 4.91. The molecule has 0 unspecified atom stereocenters. The summed E-state index contributed by atoms with van der Waals surface area (Å²) in [5.41, 5.74) is 1.74. The number of carboxylic acid groups (broad SMARTS) is 1. The van der Waals surface area contributed by atoms with Crippen molar-refractivity contribution in [1.29, 1.82) is 0 Å². The average molecular weight is 325 g/mol. The second kappa shape index (κ2) is 6.32. The number of rotatable bonds is 4. The van der Waals surface area contributed by atoms with E-state index in [4.69, 9.17) is 17.3 Å². The van der Waals surface area contributed by atoms with Crippen LogP contribution in [0.25, 0.3) is 11.4 Å². The number of aromatic amines is 1. The molecular weight excluding hydrogens is 314 g/mol. The minimum atomic E-state index is -0.968. The van der Waals surface area contributed by atoms with Crippen molar-refractivity contribution < 1.29 is 9.90 Å². The highest BCUT2D eigenvalue weighted by Crippen LogP contribution is 2.15. The smallest absolute Gasteiger partial charge is 0.335 e. The zero-order valence-corrected chi connectivity index (χ0v) is 12.6. The first-order valence-electron chi connectivity index (χ1n) is 6.60. The van der Waals surface area contributed by atoms with Crippen LogP contribution >= 0.6 is 12.2 Å². The number of carbonyl (C=O) groups is 1. The Morgan fingerprint density at radius 3 is 2.74 bits per heavy atom. The molecule has 0 aliphatic rings. The van der Waals surface area contributed by atoms with Crippen LogP contribution in [0.2, 0.25) is 0 Å². The first-order valence-corrected chi connectivity index (χ1v) is 7.01. The number of carboxylic acids is 1. The summed E-state index contributed by atoms with van der Waals surface area (Å²) in [4.78, 5) is 14.9. The van der Waals surface area contributed by atoms with Gasteiger partial charge in [0.2, 0.25) is 4.77 Å². The van der Waals surface area contributed by atoms with Gasteiger partial charge in [-0.3, -0.25) is 4.98 Å².